The van der Waals surface area contributed by atoms with Crippen LogP contribution < -0.4 is 0 Å². The van der Waals surface area contributed by atoms with Crippen molar-refractivity contribution in [1.82, 2.24) is 4.57 Å². The Morgan fingerprint density at radius 3 is 2.89 bits per heavy atom. The van der Waals surface area contributed by atoms with Crippen molar-refractivity contribution < 1.29 is 9.15 Å². The summed E-state index contributed by atoms with van der Waals surface area (Å²) in [7, 11) is 1.67. The average Bonchev–Trinajstić information content (AvgIpc) is 2.98. The molecule has 0 aliphatic heterocycles. The monoisotopic (exact) mass is 278 g/mol. The molecular formula is C14H15ClN2O2. The summed E-state index contributed by atoms with van der Waals surface area (Å²) in [5.74, 6) is 0.673. The van der Waals surface area contributed by atoms with Crippen LogP contribution in [0.15, 0.2) is 22.8 Å². The van der Waals surface area contributed by atoms with E-state index in [1.807, 2.05) is 17.6 Å². The van der Waals surface area contributed by atoms with Crippen LogP contribution in [0.2, 0.25) is 5.02 Å². The van der Waals surface area contributed by atoms with Gasteiger partial charge in [-0.1, -0.05) is 11.6 Å². The minimum Gasteiger partial charge on any atom is -0.463 e. The summed E-state index contributed by atoms with van der Waals surface area (Å²) >= 11 is 6.30. The molecule has 0 aliphatic carbocycles. The molecule has 5 heteroatoms. The Balaban J connectivity index is 2.48. The van der Waals surface area contributed by atoms with Gasteiger partial charge in [0.25, 0.3) is 0 Å². The number of hydrogen-bond acceptors (Lipinski definition) is 3. The van der Waals surface area contributed by atoms with Crippen LogP contribution >= 0.6 is 11.6 Å². The van der Waals surface area contributed by atoms with E-state index in [1.165, 1.54) is 0 Å². The topological polar surface area (TPSA) is 51.1 Å². The molecule has 0 saturated heterocycles. The largest absolute Gasteiger partial charge is 0.463 e. The Kier molecular flexibility index (Phi) is 4.31. The van der Waals surface area contributed by atoms with Crippen LogP contribution in [0.4, 0.5) is 0 Å². The molecular weight excluding hydrogens is 264 g/mol. The van der Waals surface area contributed by atoms with Crippen molar-refractivity contribution in [3.05, 3.63) is 34.7 Å². The average molecular weight is 279 g/mol. The van der Waals surface area contributed by atoms with E-state index in [0.29, 0.717) is 23.0 Å². The van der Waals surface area contributed by atoms with Gasteiger partial charge in [-0.3, -0.25) is 0 Å². The first-order valence-electron chi connectivity index (χ1n) is 6.02. The van der Waals surface area contributed by atoms with E-state index in [4.69, 9.17) is 20.8 Å². The Morgan fingerprint density at radius 2 is 2.32 bits per heavy atom. The Morgan fingerprint density at radius 1 is 1.53 bits per heavy atom. The second-order valence-electron chi connectivity index (χ2n) is 4.21. The van der Waals surface area contributed by atoms with Crippen molar-refractivity contribution in [3.63, 3.8) is 0 Å². The molecule has 2 aromatic rings. The van der Waals surface area contributed by atoms with Crippen LogP contribution in [0.5, 0.6) is 0 Å². The highest BCUT2D eigenvalue weighted by atomic mass is 35.5. The normalized spacial score (nSPS) is 10.6. The first kappa shape index (κ1) is 13.7. The second kappa shape index (κ2) is 5.96. The van der Waals surface area contributed by atoms with Gasteiger partial charge < -0.3 is 13.7 Å². The van der Waals surface area contributed by atoms with Gasteiger partial charge in [-0.2, -0.15) is 5.26 Å². The van der Waals surface area contributed by atoms with Crippen LogP contribution in [0.25, 0.3) is 11.5 Å². The van der Waals surface area contributed by atoms with Gasteiger partial charge in [0, 0.05) is 26.0 Å². The predicted octanol–water partition coefficient (Wildman–Crippen LogP) is 3.62. The maximum absolute atomic E-state index is 9.20. The van der Waals surface area contributed by atoms with Crippen molar-refractivity contribution in [1.29, 1.82) is 5.26 Å². The van der Waals surface area contributed by atoms with Gasteiger partial charge in [-0.15, -0.1) is 0 Å². The molecule has 0 unspecified atom stereocenters. The zero-order chi connectivity index (χ0) is 13.8. The number of methoxy groups -OCH3 is 1. The minimum atomic E-state index is 0.451. The van der Waals surface area contributed by atoms with E-state index in [1.54, 1.807) is 19.4 Å². The van der Waals surface area contributed by atoms with E-state index in [-0.39, 0.29) is 0 Å². The molecule has 0 amide bonds. The lowest BCUT2D eigenvalue weighted by molar-refractivity contribution is 0.190. The van der Waals surface area contributed by atoms with E-state index < -0.39 is 0 Å². The summed E-state index contributed by atoms with van der Waals surface area (Å²) in [5.41, 5.74) is 2.12. The fourth-order valence-corrected chi connectivity index (χ4v) is 2.50. The molecule has 4 nitrogen and oxygen atoms in total. The molecule has 2 aromatic heterocycles. The SMILES string of the molecule is COCCCn1c(C)c(C#N)c(Cl)c1-c1ccco1. The standard InChI is InChI=1S/C14H15ClN2O2/c1-10-11(9-16)13(15)14(12-5-3-8-19-12)17(10)6-4-7-18-2/h3,5,8H,4,6-7H2,1-2H3. The van der Waals surface area contributed by atoms with E-state index in [0.717, 1.165) is 24.4 Å². The quantitative estimate of drug-likeness (QED) is 0.785. The maximum Gasteiger partial charge on any atom is 0.151 e. The van der Waals surface area contributed by atoms with Crippen LogP contribution in [0.3, 0.4) is 0 Å². The fraction of sp³-hybridized carbons (Fsp3) is 0.357. The molecule has 0 fully saturated rings. The lowest BCUT2D eigenvalue weighted by atomic mass is 10.2. The molecule has 2 rings (SSSR count). The number of hydrogen-bond donors (Lipinski definition) is 0. The number of aromatic nitrogens is 1. The number of ether oxygens (including phenoxy) is 1. The molecule has 0 bridgehead atoms. The van der Waals surface area contributed by atoms with E-state index >= 15 is 0 Å². The van der Waals surface area contributed by atoms with Gasteiger partial charge in [0.2, 0.25) is 0 Å². The highest BCUT2D eigenvalue weighted by Crippen LogP contribution is 2.35. The molecule has 2 heterocycles. The number of rotatable bonds is 5. The van der Waals surface area contributed by atoms with Crippen LogP contribution in [0.1, 0.15) is 17.7 Å². The van der Waals surface area contributed by atoms with Crippen LogP contribution in [0, 0.1) is 18.3 Å². The molecule has 0 atom stereocenters. The predicted molar refractivity (Wildman–Crippen MR) is 73.1 cm³/mol. The fourth-order valence-electron chi connectivity index (χ4n) is 2.13. The number of nitriles is 1. The molecule has 0 aromatic carbocycles. The van der Waals surface area contributed by atoms with Gasteiger partial charge in [-0.05, 0) is 25.5 Å². The van der Waals surface area contributed by atoms with Crippen molar-refractivity contribution in [2.45, 2.75) is 19.9 Å². The Bertz CT molecular complexity index is 594. The zero-order valence-electron chi connectivity index (χ0n) is 10.9. The minimum absolute atomic E-state index is 0.451. The van der Waals surface area contributed by atoms with Crippen LogP contribution in [-0.2, 0) is 11.3 Å². The van der Waals surface area contributed by atoms with Crippen LogP contribution in [-0.4, -0.2) is 18.3 Å². The van der Waals surface area contributed by atoms with Gasteiger partial charge in [-0.25, -0.2) is 0 Å². The molecule has 0 aliphatic rings. The summed E-state index contributed by atoms with van der Waals surface area (Å²) in [6.07, 6.45) is 2.44. The summed E-state index contributed by atoms with van der Waals surface area (Å²) in [4.78, 5) is 0. The van der Waals surface area contributed by atoms with E-state index in [2.05, 4.69) is 6.07 Å². The first-order valence-corrected chi connectivity index (χ1v) is 6.40. The van der Waals surface area contributed by atoms with Gasteiger partial charge in [0.15, 0.2) is 5.76 Å². The Hall–Kier alpha value is -1.70. The number of furan rings is 1. The van der Waals surface area contributed by atoms with Gasteiger partial charge >= 0.3 is 0 Å². The van der Waals surface area contributed by atoms with Crippen molar-refractivity contribution in [3.8, 4) is 17.5 Å². The molecule has 0 N–H and O–H groups in total. The third kappa shape index (κ3) is 2.53. The number of halogens is 1. The summed E-state index contributed by atoms with van der Waals surface area (Å²) in [5, 5.41) is 9.65. The third-order valence-electron chi connectivity index (χ3n) is 3.06. The molecule has 0 spiro atoms. The molecule has 0 radical (unpaired) electrons. The summed E-state index contributed by atoms with van der Waals surface area (Å²) in [6, 6.07) is 5.80. The highest BCUT2D eigenvalue weighted by Gasteiger charge is 2.21. The lowest BCUT2D eigenvalue weighted by Gasteiger charge is -2.09. The molecule has 100 valence electrons. The van der Waals surface area contributed by atoms with Gasteiger partial charge in [0.1, 0.15) is 11.8 Å². The molecule has 19 heavy (non-hydrogen) atoms. The number of nitrogens with zero attached hydrogens (tertiary/aromatic N) is 2. The molecule has 0 saturated carbocycles. The van der Waals surface area contributed by atoms with E-state index in [9.17, 15) is 5.26 Å². The maximum atomic E-state index is 9.20. The van der Waals surface area contributed by atoms with Crippen molar-refractivity contribution in [2.75, 3.05) is 13.7 Å². The first-order chi connectivity index (χ1) is 9.20. The summed E-state index contributed by atoms with van der Waals surface area (Å²) < 4.78 is 12.5. The van der Waals surface area contributed by atoms with Crippen molar-refractivity contribution in [2.24, 2.45) is 0 Å². The smallest absolute Gasteiger partial charge is 0.151 e. The third-order valence-corrected chi connectivity index (χ3v) is 3.43. The highest BCUT2D eigenvalue weighted by molar-refractivity contribution is 6.34. The summed E-state index contributed by atoms with van der Waals surface area (Å²) in [6.45, 7) is 3.29. The lowest BCUT2D eigenvalue weighted by Crippen LogP contribution is -2.05. The second-order valence-corrected chi connectivity index (χ2v) is 4.59. The Labute approximate surface area is 117 Å². The van der Waals surface area contributed by atoms with Gasteiger partial charge in [0.05, 0.1) is 16.8 Å². The van der Waals surface area contributed by atoms with Crippen molar-refractivity contribution >= 4 is 11.6 Å². The zero-order valence-corrected chi connectivity index (χ0v) is 11.7.